The molecule has 3 aromatic heterocycles. The first kappa shape index (κ1) is 20.6. The zero-order chi connectivity index (χ0) is 21.0. The number of ether oxygens (including phenoxy) is 2. The van der Waals surface area contributed by atoms with Crippen molar-refractivity contribution in [2.75, 3.05) is 17.7 Å². The summed E-state index contributed by atoms with van der Waals surface area (Å²) in [5.41, 5.74) is 2.49. The standard InChI is InChI=1S/C18H16ClF2N5O3/c1-9(28-2)14-13(8-23-12-4-3-5-22-15(12)14)26-18(27)25-10-6-11(19)16(24-7-10)29-17(20)21/h3-9,17H,1-2H3,(H2,25,26,27). The normalized spacial score (nSPS) is 12.1. The Hall–Kier alpha value is -3.11. The van der Waals surface area contributed by atoms with Crippen LogP contribution in [-0.4, -0.2) is 34.7 Å². The molecule has 0 radical (unpaired) electrons. The van der Waals surface area contributed by atoms with Gasteiger partial charge in [-0.05, 0) is 25.1 Å². The molecule has 3 rings (SSSR count). The Kier molecular flexibility index (Phi) is 6.35. The van der Waals surface area contributed by atoms with Gasteiger partial charge in [0, 0.05) is 18.9 Å². The molecule has 8 nitrogen and oxygen atoms in total. The number of alkyl halides is 2. The number of nitrogens with one attached hydrogen (secondary N) is 2. The summed E-state index contributed by atoms with van der Waals surface area (Å²) in [7, 11) is 1.54. The number of hydrogen-bond donors (Lipinski definition) is 2. The van der Waals surface area contributed by atoms with Crippen molar-refractivity contribution in [3.63, 3.8) is 0 Å². The number of urea groups is 1. The highest BCUT2D eigenvalue weighted by atomic mass is 35.5. The van der Waals surface area contributed by atoms with Crippen LogP contribution in [0, 0.1) is 0 Å². The zero-order valence-electron chi connectivity index (χ0n) is 15.3. The largest absolute Gasteiger partial charge is 0.415 e. The summed E-state index contributed by atoms with van der Waals surface area (Å²) in [6.45, 7) is -1.24. The van der Waals surface area contributed by atoms with Gasteiger partial charge < -0.3 is 20.1 Å². The van der Waals surface area contributed by atoms with Crippen LogP contribution in [0.15, 0.2) is 36.8 Å². The second kappa shape index (κ2) is 8.93. The molecule has 29 heavy (non-hydrogen) atoms. The molecule has 0 bridgehead atoms. The fraction of sp³-hybridized carbons (Fsp3) is 0.222. The number of carbonyl (C=O) groups is 1. The molecule has 0 aliphatic rings. The van der Waals surface area contributed by atoms with Crippen LogP contribution in [0.1, 0.15) is 18.6 Å². The molecule has 2 N–H and O–H groups in total. The Morgan fingerprint density at radius 2 is 2.00 bits per heavy atom. The quantitative estimate of drug-likeness (QED) is 0.599. The molecule has 0 aromatic carbocycles. The first-order chi connectivity index (χ1) is 13.9. The summed E-state index contributed by atoms with van der Waals surface area (Å²) in [6, 6.07) is 4.18. The van der Waals surface area contributed by atoms with E-state index in [1.807, 2.05) is 6.92 Å². The van der Waals surface area contributed by atoms with Gasteiger partial charge in [-0.3, -0.25) is 9.97 Å². The van der Waals surface area contributed by atoms with E-state index < -0.39 is 18.5 Å². The van der Waals surface area contributed by atoms with E-state index in [1.165, 1.54) is 12.3 Å². The lowest BCUT2D eigenvalue weighted by Crippen LogP contribution is -2.21. The maximum Gasteiger partial charge on any atom is 0.388 e. The van der Waals surface area contributed by atoms with Crippen molar-refractivity contribution in [3.8, 4) is 5.88 Å². The van der Waals surface area contributed by atoms with Crippen LogP contribution in [0.2, 0.25) is 5.02 Å². The summed E-state index contributed by atoms with van der Waals surface area (Å²) in [6.07, 6.45) is 3.89. The lowest BCUT2D eigenvalue weighted by atomic mass is 10.1. The van der Waals surface area contributed by atoms with Crippen molar-refractivity contribution in [2.24, 2.45) is 0 Å². The van der Waals surface area contributed by atoms with E-state index in [2.05, 4.69) is 30.3 Å². The SMILES string of the molecule is COC(C)c1c(NC(=O)Nc2cnc(OC(F)F)c(Cl)c2)cnc2cccnc12. The molecular formula is C18H16ClF2N5O3. The molecule has 11 heteroatoms. The number of methoxy groups -OCH3 is 1. The number of nitrogens with zero attached hydrogens (tertiary/aromatic N) is 3. The highest BCUT2D eigenvalue weighted by Gasteiger charge is 2.18. The van der Waals surface area contributed by atoms with E-state index in [9.17, 15) is 13.6 Å². The highest BCUT2D eigenvalue weighted by molar-refractivity contribution is 6.32. The first-order valence-corrected chi connectivity index (χ1v) is 8.71. The third-order valence-electron chi connectivity index (χ3n) is 3.94. The van der Waals surface area contributed by atoms with Crippen molar-refractivity contribution in [2.45, 2.75) is 19.6 Å². The third-order valence-corrected chi connectivity index (χ3v) is 4.21. The minimum Gasteiger partial charge on any atom is -0.415 e. The molecule has 2 amide bonds. The average molecular weight is 424 g/mol. The van der Waals surface area contributed by atoms with Crippen molar-refractivity contribution >= 4 is 40.0 Å². The molecule has 152 valence electrons. The van der Waals surface area contributed by atoms with Gasteiger partial charge in [-0.15, -0.1) is 0 Å². The predicted octanol–water partition coefficient (Wildman–Crippen LogP) is 4.63. The van der Waals surface area contributed by atoms with Gasteiger partial charge in [-0.2, -0.15) is 8.78 Å². The summed E-state index contributed by atoms with van der Waals surface area (Å²) in [4.78, 5) is 24.7. The average Bonchev–Trinajstić information content (AvgIpc) is 2.69. The maximum absolute atomic E-state index is 12.4. The summed E-state index contributed by atoms with van der Waals surface area (Å²) < 4.78 is 34.1. The summed E-state index contributed by atoms with van der Waals surface area (Å²) >= 11 is 5.84. The van der Waals surface area contributed by atoms with Gasteiger partial charge in [0.2, 0.25) is 5.88 Å². The second-order valence-corrected chi connectivity index (χ2v) is 6.21. The lowest BCUT2D eigenvalue weighted by Gasteiger charge is -2.17. The van der Waals surface area contributed by atoms with Crippen molar-refractivity contribution in [1.82, 2.24) is 15.0 Å². The Balaban J connectivity index is 1.82. The maximum atomic E-state index is 12.4. The number of hydrogen-bond acceptors (Lipinski definition) is 6. The number of halogens is 3. The van der Waals surface area contributed by atoms with E-state index in [4.69, 9.17) is 16.3 Å². The van der Waals surface area contributed by atoms with Crippen molar-refractivity contribution in [1.29, 1.82) is 0 Å². The van der Waals surface area contributed by atoms with Gasteiger partial charge in [0.15, 0.2) is 0 Å². The molecule has 1 atom stereocenters. The monoisotopic (exact) mass is 423 g/mol. The molecule has 1 unspecified atom stereocenters. The van der Waals surface area contributed by atoms with E-state index in [0.29, 0.717) is 22.3 Å². The van der Waals surface area contributed by atoms with Crippen molar-refractivity contribution in [3.05, 3.63) is 47.4 Å². The van der Waals surface area contributed by atoms with E-state index in [-0.39, 0.29) is 16.8 Å². The van der Waals surface area contributed by atoms with Gasteiger partial charge in [0.05, 0.1) is 40.9 Å². The summed E-state index contributed by atoms with van der Waals surface area (Å²) in [5, 5.41) is 5.02. The smallest absolute Gasteiger partial charge is 0.388 e. The molecule has 3 aromatic rings. The van der Waals surface area contributed by atoms with Crippen LogP contribution in [0.3, 0.4) is 0 Å². The number of aromatic nitrogens is 3. The highest BCUT2D eigenvalue weighted by Crippen LogP contribution is 2.31. The molecule has 0 aliphatic heterocycles. The first-order valence-electron chi connectivity index (χ1n) is 8.33. The Labute approximate surface area is 169 Å². The van der Waals surface area contributed by atoms with Gasteiger partial charge in [-0.25, -0.2) is 9.78 Å². The van der Waals surface area contributed by atoms with Gasteiger partial charge in [0.1, 0.15) is 5.02 Å². The number of amides is 2. The number of fused-ring (bicyclic) bond motifs is 1. The Morgan fingerprint density at radius 1 is 1.21 bits per heavy atom. The third kappa shape index (κ3) is 4.84. The van der Waals surface area contributed by atoms with Crippen LogP contribution in [0.4, 0.5) is 25.0 Å². The van der Waals surface area contributed by atoms with Crippen LogP contribution in [-0.2, 0) is 4.74 Å². The van der Waals surface area contributed by atoms with Crippen LogP contribution >= 0.6 is 11.6 Å². The molecule has 0 saturated carbocycles. The minimum absolute atomic E-state index is 0.173. The number of rotatable bonds is 6. The molecule has 3 heterocycles. The fourth-order valence-corrected chi connectivity index (χ4v) is 2.83. The topological polar surface area (TPSA) is 98.3 Å². The Bertz CT molecular complexity index is 1040. The molecule has 0 aliphatic carbocycles. The van der Waals surface area contributed by atoms with Crippen LogP contribution in [0.25, 0.3) is 11.0 Å². The van der Waals surface area contributed by atoms with Crippen LogP contribution < -0.4 is 15.4 Å². The molecule has 0 saturated heterocycles. The molecule has 0 spiro atoms. The number of anilines is 2. The minimum atomic E-state index is -3.06. The van der Waals surface area contributed by atoms with E-state index in [0.717, 1.165) is 6.20 Å². The lowest BCUT2D eigenvalue weighted by molar-refractivity contribution is -0.0527. The van der Waals surface area contributed by atoms with Crippen LogP contribution in [0.5, 0.6) is 5.88 Å². The van der Waals surface area contributed by atoms with Crippen molar-refractivity contribution < 1.29 is 23.0 Å². The van der Waals surface area contributed by atoms with Gasteiger partial charge in [-0.1, -0.05) is 11.6 Å². The predicted molar refractivity (Wildman–Crippen MR) is 103 cm³/mol. The second-order valence-electron chi connectivity index (χ2n) is 5.80. The fourth-order valence-electron chi connectivity index (χ4n) is 2.62. The molecular weight excluding hydrogens is 408 g/mol. The van der Waals surface area contributed by atoms with E-state index >= 15 is 0 Å². The summed E-state index contributed by atoms with van der Waals surface area (Å²) in [5.74, 6) is -0.436. The number of pyridine rings is 3. The van der Waals surface area contributed by atoms with E-state index in [1.54, 1.807) is 25.4 Å². The van der Waals surface area contributed by atoms with Gasteiger partial charge in [0.25, 0.3) is 0 Å². The molecule has 0 fully saturated rings. The number of carbonyl (C=O) groups excluding carboxylic acids is 1. The van der Waals surface area contributed by atoms with Gasteiger partial charge >= 0.3 is 12.6 Å². The zero-order valence-corrected chi connectivity index (χ0v) is 16.1. The Morgan fingerprint density at radius 3 is 2.69 bits per heavy atom.